The summed E-state index contributed by atoms with van der Waals surface area (Å²) >= 11 is 0. The van der Waals surface area contributed by atoms with Gasteiger partial charge in [-0.25, -0.2) is 4.98 Å². The highest BCUT2D eigenvalue weighted by atomic mass is 127. The van der Waals surface area contributed by atoms with Crippen LogP contribution in [0.3, 0.4) is 0 Å². The molecule has 11 heavy (non-hydrogen) atoms. The number of rotatable bonds is 0. The molecule has 2 nitrogen and oxygen atoms in total. The quantitative estimate of drug-likeness (QED) is 0.505. The Kier molecular flexibility index (Phi) is 2.76. The molecule has 2 rings (SSSR count). The van der Waals surface area contributed by atoms with Gasteiger partial charge < -0.3 is 24.0 Å². The molecular formula is C8H7IN2. The van der Waals surface area contributed by atoms with E-state index in [0.29, 0.717) is 0 Å². The van der Waals surface area contributed by atoms with Gasteiger partial charge in [0, 0.05) is 0 Å². The lowest BCUT2D eigenvalue weighted by atomic mass is 10.2. The highest BCUT2D eigenvalue weighted by molar-refractivity contribution is 5.76. The van der Waals surface area contributed by atoms with Crippen LogP contribution in [0, 0.1) is 0 Å². The SMILES string of the molecule is [I-].c1ccc2nc[nH+]cc2c1. The van der Waals surface area contributed by atoms with E-state index in [9.17, 15) is 0 Å². The summed E-state index contributed by atoms with van der Waals surface area (Å²) in [4.78, 5) is 7.05. The number of hydrogen-bond donors (Lipinski definition) is 0. The van der Waals surface area contributed by atoms with Crippen molar-refractivity contribution in [3.63, 3.8) is 0 Å². The molecule has 0 saturated carbocycles. The standard InChI is InChI=1S/C8H6N2.HI/c1-2-4-8-7(3-1)5-9-6-10-8;/h1-6H;1H. The number of nitrogens with one attached hydrogen (secondary N) is 1. The van der Waals surface area contributed by atoms with Crippen molar-refractivity contribution in [2.24, 2.45) is 0 Å². The van der Waals surface area contributed by atoms with Gasteiger partial charge in [-0.2, -0.15) is 0 Å². The van der Waals surface area contributed by atoms with E-state index in [-0.39, 0.29) is 24.0 Å². The highest BCUT2D eigenvalue weighted by Gasteiger charge is 1.94. The maximum atomic E-state index is 4.13. The molecule has 1 N–H and O–H groups in total. The fourth-order valence-electron chi connectivity index (χ4n) is 0.961. The van der Waals surface area contributed by atoms with Crippen molar-refractivity contribution in [2.75, 3.05) is 0 Å². The number of halogens is 1. The minimum atomic E-state index is 0. The normalized spacial score (nSPS) is 9.09. The van der Waals surface area contributed by atoms with Crippen molar-refractivity contribution in [3.8, 4) is 0 Å². The van der Waals surface area contributed by atoms with Crippen LogP contribution in [-0.4, -0.2) is 4.98 Å². The van der Waals surface area contributed by atoms with Crippen molar-refractivity contribution in [3.05, 3.63) is 36.8 Å². The predicted molar refractivity (Wildman–Crippen MR) is 38.3 cm³/mol. The third-order valence-electron chi connectivity index (χ3n) is 1.45. The lowest BCUT2D eigenvalue weighted by Gasteiger charge is -1.84. The van der Waals surface area contributed by atoms with Gasteiger partial charge in [-0.15, -0.1) is 0 Å². The largest absolute Gasteiger partial charge is 1.00 e. The summed E-state index contributed by atoms with van der Waals surface area (Å²) in [6.45, 7) is 0. The summed E-state index contributed by atoms with van der Waals surface area (Å²) in [6.07, 6.45) is 3.62. The summed E-state index contributed by atoms with van der Waals surface area (Å²) < 4.78 is 0. The van der Waals surface area contributed by atoms with Gasteiger partial charge >= 0.3 is 0 Å². The highest BCUT2D eigenvalue weighted by Crippen LogP contribution is 2.04. The second-order valence-corrected chi connectivity index (χ2v) is 2.13. The first-order valence-corrected chi connectivity index (χ1v) is 3.18. The number of hydrogen-bond acceptors (Lipinski definition) is 1. The Morgan fingerprint density at radius 1 is 1.18 bits per heavy atom. The first kappa shape index (κ1) is 8.39. The van der Waals surface area contributed by atoms with Crippen molar-refractivity contribution in [2.45, 2.75) is 0 Å². The number of aromatic nitrogens is 2. The zero-order chi connectivity index (χ0) is 6.81. The monoisotopic (exact) mass is 258 g/mol. The Morgan fingerprint density at radius 2 is 2.00 bits per heavy atom. The number of H-pyrrole nitrogens is 1. The van der Waals surface area contributed by atoms with Gasteiger partial charge in [0.2, 0.25) is 0 Å². The molecule has 1 aromatic heterocycles. The number of nitrogens with zero attached hydrogens (tertiary/aromatic N) is 1. The number of aromatic amines is 1. The van der Waals surface area contributed by atoms with Crippen LogP contribution in [0.1, 0.15) is 0 Å². The average molecular weight is 258 g/mol. The molecule has 0 unspecified atom stereocenters. The van der Waals surface area contributed by atoms with E-state index in [1.807, 2.05) is 30.5 Å². The van der Waals surface area contributed by atoms with Gasteiger partial charge in [0.25, 0.3) is 6.33 Å². The fraction of sp³-hybridized carbons (Fsp3) is 0. The molecule has 3 heteroatoms. The molecule has 1 aromatic carbocycles. The van der Waals surface area contributed by atoms with E-state index in [1.54, 1.807) is 6.33 Å². The summed E-state index contributed by atoms with van der Waals surface area (Å²) in [6, 6.07) is 8.00. The molecule has 0 aliphatic heterocycles. The third-order valence-corrected chi connectivity index (χ3v) is 1.45. The summed E-state index contributed by atoms with van der Waals surface area (Å²) in [7, 11) is 0. The van der Waals surface area contributed by atoms with E-state index in [0.717, 1.165) is 10.9 Å². The Bertz CT molecular complexity index is 283. The van der Waals surface area contributed by atoms with Crippen LogP contribution in [0.25, 0.3) is 10.9 Å². The molecule has 0 bridgehead atoms. The van der Waals surface area contributed by atoms with Crippen LogP contribution in [0.4, 0.5) is 0 Å². The molecule has 0 atom stereocenters. The molecule has 0 aliphatic rings. The molecule has 1 heterocycles. The summed E-state index contributed by atoms with van der Waals surface area (Å²) in [5, 5.41) is 1.14. The van der Waals surface area contributed by atoms with E-state index < -0.39 is 0 Å². The molecule has 2 aromatic rings. The van der Waals surface area contributed by atoms with Crippen LogP contribution in [0.15, 0.2) is 36.8 Å². The number of para-hydroxylation sites is 1. The third kappa shape index (κ3) is 1.65. The molecule has 0 spiro atoms. The molecule has 56 valence electrons. The van der Waals surface area contributed by atoms with Crippen molar-refractivity contribution >= 4 is 10.9 Å². The fourth-order valence-corrected chi connectivity index (χ4v) is 0.961. The van der Waals surface area contributed by atoms with Gasteiger partial charge in [0.15, 0.2) is 5.52 Å². The average Bonchev–Trinajstić information content (AvgIpc) is 2.05. The molecule has 0 aliphatic carbocycles. The van der Waals surface area contributed by atoms with E-state index in [1.165, 1.54) is 0 Å². The van der Waals surface area contributed by atoms with Gasteiger partial charge in [-0.05, 0) is 17.1 Å². The summed E-state index contributed by atoms with van der Waals surface area (Å²) in [5.41, 5.74) is 1.03. The molecule has 0 saturated heterocycles. The van der Waals surface area contributed by atoms with Crippen LogP contribution >= 0.6 is 0 Å². The zero-order valence-electron chi connectivity index (χ0n) is 5.79. The molecule has 0 fully saturated rings. The zero-order valence-corrected chi connectivity index (χ0v) is 7.95. The lowest BCUT2D eigenvalue weighted by Crippen LogP contribution is -3.00. The van der Waals surface area contributed by atoms with Crippen molar-refractivity contribution in [1.29, 1.82) is 0 Å². The second-order valence-electron chi connectivity index (χ2n) is 2.13. The number of benzene rings is 1. The maximum Gasteiger partial charge on any atom is 0.284 e. The molecule has 0 radical (unpaired) electrons. The van der Waals surface area contributed by atoms with Gasteiger partial charge in [0.05, 0.1) is 11.6 Å². The molecule has 0 amide bonds. The smallest absolute Gasteiger partial charge is 0.284 e. The first-order chi connectivity index (χ1) is 4.97. The van der Waals surface area contributed by atoms with Gasteiger partial charge in [-0.3, -0.25) is 0 Å². The Balaban J connectivity index is 0.000000605. The lowest BCUT2D eigenvalue weighted by molar-refractivity contribution is -0.380. The Morgan fingerprint density at radius 3 is 2.82 bits per heavy atom. The van der Waals surface area contributed by atoms with Crippen LogP contribution in [0.5, 0.6) is 0 Å². The van der Waals surface area contributed by atoms with Crippen LogP contribution in [0.2, 0.25) is 0 Å². The second kappa shape index (κ2) is 3.61. The maximum absolute atomic E-state index is 4.13. The minimum Gasteiger partial charge on any atom is -1.00 e. The van der Waals surface area contributed by atoms with E-state index >= 15 is 0 Å². The Hall–Kier alpha value is -0.710. The van der Waals surface area contributed by atoms with Crippen molar-refractivity contribution < 1.29 is 29.0 Å². The Labute approximate surface area is 81.7 Å². The van der Waals surface area contributed by atoms with Crippen LogP contribution < -0.4 is 29.0 Å². The van der Waals surface area contributed by atoms with Crippen LogP contribution in [-0.2, 0) is 0 Å². The first-order valence-electron chi connectivity index (χ1n) is 3.18. The van der Waals surface area contributed by atoms with Crippen molar-refractivity contribution in [1.82, 2.24) is 4.98 Å². The number of fused-ring (bicyclic) bond motifs is 1. The van der Waals surface area contributed by atoms with E-state index in [2.05, 4.69) is 9.97 Å². The van der Waals surface area contributed by atoms with E-state index in [4.69, 9.17) is 0 Å². The summed E-state index contributed by atoms with van der Waals surface area (Å²) in [5.74, 6) is 0. The predicted octanol–water partition coefficient (Wildman–Crippen LogP) is -1.95. The van der Waals surface area contributed by atoms with Gasteiger partial charge in [0.1, 0.15) is 0 Å². The van der Waals surface area contributed by atoms with Gasteiger partial charge in [-0.1, -0.05) is 12.1 Å². The molecular weight excluding hydrogens is 251 g/mol. The topological polar surface area (TPSA) is 27.0 Å². The minimum absolute atomic E-state index is 0.